The second kappa shape index (κ2) is 13.5. The molecule has 2 aromatic rings. The number of aromatic nitrogens is 4. The summed E-state index contributed by atoms with van der Waals surface area (Å²) < 4.78 is 0. The summed E-state index contributed by atoms with van der Waals surface area (Å²) >= 11 is 4.03. The van der Waals surface area contributed by atoms with Crippen LogP contribution in [0.3, 0.4) is 0 Å². The topological polar surface area (TPSA) is 248 Å². The van der Waals surface area contributed by atoms with Gasteiger partial charge in [-0.1, -0.05) is 6.58 Å². The second-order valence-electron chi connectivity index (χ2n) is 6.49. The van der Waals surface area contributed by atoms with Gasteiger partial charge in [0.15, 0.2) is 11.5 Å². The monoisotopic (exact) mass is 496 g/mol. The van der Waals surface area contributed by atoms with Crippen LogP contribution >= 0.6 is 12.6 Å². The smallest absolute Gasteiger partial charge is 0.323 e. The lowest BCUT2D eigenvalue weighted by molar-refractivity contribution is -0.139. The van der Waals surface area contributed by atoms with Gasteiger partial charge in [0.2, 0.25) is 11.9 Å². The molecule has 0 aromatic carbocycles. The number of anilines is 2. The van der Waals surface area contributed by atoms with Crippen LogP contribution < -0.4 is 21.7 Å². The maximum absolute atomic E-state index is 12.9. The van der Waals surface area contributed by atoms with E-state index >= 15 is 0 Å². The molecule has 0 radical (unpaired) electrons. The highest BCUT2D eigenvalue weighted by molar-refractivity contribution is 7.80. The first-order valence-corrected chi connectivity index (χ1v) is 10.1. The van der Waals surface area contributed by atoms with E-state index in [1.807, 2.05) is 0 Å². The van der Waals surface area contributed by atoms with E-state index in [0.29, 0.717) is 11.8 Å². The van der Waals surface area contributed by atoms with Gasteiger partial charge in [-0.3, -0.25) is 28.9 Å². The van der Waals surface area contributed by atoms with E-state index in [-0.39, 0.29) is 36.0 Å². The molecule has 15 nitrogen and oxygen atoms in total. The summed E-state index contributed by atoms with van der Waals surface area (Å²) in [4.78, 5) is 71.4. The second-order valence-corrected chi connectivity index (χ2v) is 6.85. The minimum Gasteiger partial charge on any atom is -0.480 e. The number of fused-ring (bicyclic) bond motifs is 1. The summed E-state index contributed by atoms with van der Waals surface area (Å²) in [6, 6.07) is -2.47. The molecule has 0 aliphatic heterocycles. The van der Waals surface area contributed by atoms with E-state index in [1.165, 1.54) is 12.4 Å². The molecule has 184 valence electrons. The Morgan fingerprint density at radius 2 is 1.94 bits per heavy atom. The predicted octanol–water partition coefficient (Wildman–Crippen LogP) is -1.67. The fourth-order valence-corrected chi connectivity index (χ4v) is 2.64. The summed E-state index contributed by atoms with van der Waals surface area (Å²) in [7, 11) is 0. The number of imidazole rings is 1. The molecule has 2 atom stereocenters. The van der Waals surface area contributed by atoms with Gasteiger partial charge in [0.25, 0.3) is 5.91 Å². The van der Waals surface area contributed by atoms with Crippen LogP contribution in [0.1, 0.15) is 12.8 Å². The first-order valence-electron chi connectivity index (χ1n) is 9.50. The third kappa shape index (κ3) is 8.14. The fraction of sp³-hybridized carbons (Fsp3) is 0.333. The van der Waals surface area contributed by atoms with Crippen LogP contribution in [0.5, 0.6) is 0 Å². The van der Waals surface area contributed by atoms with Crippen LogP contribution in [0, 0.1) is 0 Å². The van der Waals surface area contributed by atoms with Gasteiger partial charge >= 0.3 is 11.9 Å². The van der Waals surface area contributed by atoms with E-state index in [2.05, 4.69) is 44.5 Å². The fourth-order valence-electron chi connectivity index (χ4n) is 2.40. The van der Waals surface area contributed by atoms with Crippen molar-refractivity contribution in [2.75, 3.05) is 22.9 Å². The number of amides is 2. The first kappa shape index (κ1) is 28.0. The number of hydrogen-bond acceptors (Lipinski definition) is 11. The normalized spacial score (nSPS) is 11.9. The zero-order valence-electron chi connectivity index (χ0n) is 17.7. The van der Waals surface area contributed by atoms with Crippen LogP contribution in [0.4, 0.5) is 11.8 Å². The highest BCUT2D eigenvalue weighted by atomic mass is 32.1. The Morgan fingerprint density at radius 3 is 2.47 bits per heavy atom. The number of allylic oxidation sites excluding steroid dienone is 1. The van der Waals surface area contributed by atoms with Crippen LogP contribution in [-0.4, -0.2) is 84.6 Å². The number of aromatic amines is 1. The van der Waals surface area contributed by atoms with Crippen molar-refractivity contribution in [3.63, 3.8) is 0 Å². The van der Waals surface area contributed by atoms with Crippen molar-refractivity contribution in [2.45, 2.75) is 24.9 Å². The SMILES string of the molecule is C=CC=O.Nc1nc(N(CC(=O)O)C(=O)C(CS)NC(=O)CCC(N)C(=O)O)nc2nc[nH]c12. The van der Waals surface area contributed by atoms with Gasteiger partial charge < -0.3 is 32.0 Å². The highest BCUT2D eigenvalue weighted by Gasteiger charge is 2.30. The minimum absolute atomic E-state index is 0.0511. The van der Waals surface area contributed by atoms with Crippen LogP contribution in [-0.2, 0) is 24.0 Å². The maximum atomic E-state index is 12.9. The van der Waals surface area contributed by atoms with E-state index in [9.17, 15) is 24.3 Å². The molecule has 2 heterocycles. The molecule has 8 N–H and O–H groups in total. The number of nitrogens with zero attached hydrogens (tertiary/aromatic N) is 4. The number of carbonyl (C=O) groups is 5. The average Bonchev–Trinajstić information content (AvgIpc) is 3.28. The standard InChI is InChI=1S/C15H20N8O6S.C3H4O/c16-6(14(28)29)1-2-8(24)20-7(4-30)13(27)23(3-9(25)26)15-21-11(17)10-12(22-15)19-5-18-10;1-2-3-4/h5-7,30H,1-4,16H2,(H,20,24)(H,25,26)(H,28,29)(H3,17,18,19,21,22);2-3H,1H2. The molecule has 34 heavy (non-hydrogen) atoms. The molecule has 2 amide bonds. The number of nitrogens with two attached hydrogens (primary N) is 2. The molecular formula is C18H24N8O7S. The lowest BCUT2D eigenvalue weighted by Crippen LogP contribution is -2.51. The Hall–Kier alpha value is -4.05. The van der Waals surface area contributed by atoms with Gasteiger partial charge in [-0.25, -0.2) is 4.98 Å². The summed E-state index contributed by atoms with van der Waals surface area (Å²) in [6.07, 6.45) is 2.73. The number of nitrogens with one attached hydrogen (secondary N) is 2. The van der Waals surface area contributed by atoms with Crippen molar-refractivity contribution in [3.8, 4) is 0 Å². The third-order valence-corrected chi connectivity index (χ3v) is 4.38. The predicted molar refractivity (Wildman–Crippen MR) is 123 cm³/mol. The van der Waals surface area contributed by atoms with E-state index in [1.54, 1.807) is 0 Å². The van der Waals surface area contributed by atoms with E-state index in [4.69, 9.17) is 21.4 Å². The Bertz CT molecular complexity index is 1050. The molecule has 2 unspecified atom stereocenters. The molecule has 0 saturated carbocycles. The number of carboxylic acids is 2. The van der Waals surface area contributed by atoms with Crippen molar-refractivity contribution >= 4 is 65.6 Å². The summed E-state index contributed by atoms with van der Waals surface area (Å²) in [5.41, 5.74) is 11.6. The molecule has 0 fully saturated rings. The number of aldehydes is 1. The average molecular weight is 497 g/mol. The quantitative estimate of drug-likeness (QED) is 0.105. The van der Waals surface area contributed by atoms with Gasteiger partial charge in [-0.15, -0.1) is 0 Å². The number of nitrogen functional groups attached to an aromatic ring is 1. The van der Waals surface area contributed by atoms with Crippen molar-refractivity contribution < 1.29 is 34.2 Å². The summed E-state index contributed by atoms with van der Waals surface area (Å²) in [5, 5.41) is 20.3. The molecule has 0 aliphatic rings. The number of H-pyrrole nitrogens is 1. The number of carbonyl (C=O) groups excluding carboxylic acids is 3. The zero-order chi connectivity index (χ0) is 25.8. The van der Waals surface area contributed by atoms with Gasteiger partial charge in [0.05, 0.1) is 6.33 Å². The Kier molecular flexibility index (Phi) is 11.1. The van der Waals surface area contributed by atoms with Gasteiger partial charge in [-0.2, -0.15) is 22.6 Å². The van der Waals surface area contributed by atoms with Crippen molar-refractivity contribution in [1.82, 2.24) is 25.3 Å². The summed E-state index contributed by atoms with van der Waals surface area (Å²) in [6.45, 7) is 2.30. The molecular weight excluding hydrogens is 472 g/mol. The van der Waals surface area contributed by atoms with E-state index < -0.39 is 42.4 Å². The number of carboxylic acid groups (broad SMARTS) is 2. The number of aliphatic carboxylic acids is 2. The van der Waals surface area contributed by atoms with Gasteiger partial charge in [-0.05, 0) is 12.5 Å². The molecule has 0 aliphatic carbocycles. The largest absolute Gasteiger partial charge is 0.480 e. The maximum Gasteiger partial charge on any atom is 0.323 e. The van der Waals surface area contributed by atoms with Gasteiger partial charge in [0, 0.05) is 12.2 Å². The van der Waals surface area contributed by atoms with Gasteiger partial charge in [0.1, 0.15) is 30.4 Å². The Labute approximate surface area is 198 Å². The van der Waals surface area contributed by atoms with E-state index in [0.717, 1.165) is 4.90 Å². The first-order chi connectivity index (χ1) is 16.0. The molecule has 2 aromatic heterocycles. The molecule has 16 heteroatoms. The van der Waals surface area contributed by atoms with Crippen molar-refractivity contribution in [2.24, 2.45) is 5.73 Å². The minimum atomic E-state index is -1.36. The molecule has 2 rings (SSSR count). The molecule has 0 bridgehead atoms. The molecule has 0 spiro atoms. The lowest BCUT2D eigenvalue weighted by atomic mass is 10.1. The highest BCUT2D eigenvalue weighted by Crippen LogP contribution is 2.19. The number of hydrogen-bond donors (Lipinski definition) is 7. The van der Waals surface area contributed by atoms with Crippen molar-refractivity contribution in [1.29, 1.82) is 0 Å². The van der Waals surface area contributed by atoms with Crippen LogP contribution in [0.2, 0.25) is 0 Å². The van der Waals surface area contributed by atoms with Crippen LogP contribution in [0.15, 0.2) is 19.0 Å². The summed E-state index contributed by atoms with van der Waals surface area (Å²) in [5.74, 6) is -4.66. The third-order valence-electron chi connectivity index (χ3n) is 4.01. The number of rotatable bonds is 11. The zero-order valence-corrected chi connectivity index (χ0v) is 18.6. The number of thiol groups is 1. The Balaban J connectivity index is 0.00000133. The van der Waals surface area contributed by atoms with Crippen LogP contribution in [0.25, 0.3) is 11.2 Å². The molecule has 0 saturated heterocycles. The lowest BCUT2D eigenvalue weighted by Gasteiger charge is -2.24. The van der Waals surface area contributed by atoms with Crippen molar-refractivity contribution in [3.05, 3.63) is 19.0 Å². The Morgan fingerprint density at radius 1 is 1.29 bits per heavy atom.